The van der Waals surface area contributed by atoms with Crippen molar-refractivity contribution in [3.8, 4) is 0 Å². The molecule has 0 bridgehead atoms. The van der Waals surface area contributed by atoms with E-state index < -0.39 is 5.97 Å². The second-order valence-corrected chi connectivity index (χ2v) is 10.3. The number of nitrogens with zero attached hydrogens (tertiary/aromatic N) is 1. The summed E-state index contributed by atoms with van der Waals surface area (Å²) in [5.41, 5.74) is 0.150. The van der Waals surface area contributed by atoms with E-state index >= 15 is 0 Å². The van der Waals surface area contributed by atoms with Gasteiger partial charge in [0, 0.05) is 18.5 Å². The maximum atomic E-state index is 10.3. The van der Waals surface area contributed by atoms with Crippen LogP contribution in [0.1, 0.15) is 137 Å². The maximum Gasteiger partial charge on any atom is 0.303 e. The van der Waals surface area contributed by atoms with Gasteiger partial charge in [-0.1, -0.05) is 104 Å². The number of aliphatic carboxylic acids is 1. The molecule has 0 aromatic heterocycles. The molecule has 0 aliphatic carbocycles. The van der Waals surface area contributed by atoms with E-state index in [0.29, 0.717) is 12.3 Å². The Morgan fingerprint density at radius 1 is 0.839 bits per heavy atom. The summed E-state index contributed by atoms with van der Waals surface area (Å²) in [5, 5.41) is 18.1. The number of piperidine rings is 1. The summed E-state index contributed by atoms with van der Waals surface area (Å²) in [4.78, 5) is 12.7. The first-order valence-corrected chi connectivity index (χ1v) is 13.3. The first kappa shape index (κ1) is 30.4. The van der Waals surface area contributed by atoms with Crippen molar-refractivity contribution in [3.05, 3.63) is 0 Å². The van der Waals surface area contributed by atoms with Crippen LogP contribution in [0, 0.1) is 5.92 Å². The van der Waals surface area contributed by atoms with Gasteiger partial charge in [-0.3, -0.25) is 4.79 Å². The number of carboxylic acid groups (broad SMARTS) is 1. The Hall–Kier alpha value is -0.610. The van der Waals surface area contributed by atoms with Crippen LogP contribution in [0.15, 0.2) is 0 Å². The fraction of sp³-hybridized carbons (Fsp3) is 0.963. The number of hydrogen-bond acceptors (Lipinski definition) is 3. The first-order chi connectivity index (χ1) is 14.7. The summed E-state index contributed by atoms with van der Waals surface area (Å²) in [6, 6.07) is 0. The summed E-state index contributed by atoms with van der Waals surface area (Å²) in [5.74, 6) is -0.277. The summed E-state index contributed by atoms with van der Waals surface area (Å²) < 4.78 is 0. The molecule has 2 unspecified atom stereocenters. The van der Waals surface area contributed by atoms with E-state index in [1.165, 1.54) is 83.5 Å². The Bertz CT molecular complexity index is 425. The van der Waals surface area contributed by atoms with Gasteiger partial charge in [0.2, 0.25) is 0 Å². The van der Waals surface area contributed by atoms with Gasteiger partial charge < -0.3 is 15.1 Å². The van der Waals surface area contributed by atoms with E-state index in [9.17, 15) is 9.90 Å². The molecule has 1 rings (SSSR count). The molecule has 4 nitrogen and oxygen atoms in total. The minimum Gasteiger partial charge on any atom is -0.481 e. The number of hydrogen-bond donors (Lipinski definition) is 2. The SMILES string of the molecule is CC1C(O)CCN(C)C1(C)C.CCCCCCCCCCCCCCCCCC(=O)O. The van der Waals surface area contributed by atoms with Crippen molar-refractivity contribution in [1.82, 2.24) is 4.90 Å². The molecular weight excluding hydrogens is 386 g/mol. The maximum absolute atomic E-state index is 10.3. The summed E-state index contributed by atoms with van der Waals surface area (Å²) in [6.45, 7) is 9.80. The average Bonchev–Trinajstić information content (AvgIpc) is 2.73. The minimum absolute atomic E-state index is 0.110. The number of likely N-dealkylation sites (tertiary alicyclic amines) is 1. The largest absolute Gasteiger partial charge is 0.481 e. The average molecular weight is 442 g/mol. The van der Waals surface area contributed by atoms with Crippen LogP contribution in [0.3, 0.4) is 0 Å². The molecule has 1 fully saturated rings. The van der Waals surface area contributed by atoms with Crippen molar-refractivity contribution < 1.29 is 15.0 Å². The van der Waals surface area contributed by atoms with Crippen molar-refractivity contribution in [1.29, 1.82) is 0 Å². The molecule has 0 saturated carbocycles. The number of rotatable bonds is 16. The quantitative estimate of drug-likeness (QED) is 0.244. The van der Waals surface area contributed by atoms with Gasteiger partial charge in [0.1, 0.15) is 0 Å². The highest BCUT2D eigenvalue weighted by Crippen LogP contribution is 2.31. The van der Waals surface area contributed by atoms with Gasteiger partial charge in [-0.2, -0.15) is 0 Å². The van der Waals surface area contributed by atoms with Crippen LogP contribution in [-0.4, -0.2) is 46.3 Å². The topological polar surface area (TPSA) is 60.8 Å². The van der Waals surface area contributed by atoms with Gasteiger partial charge in [-0.05, 0) is 39.7 Å². The van der Waals surface area contributed by atoms with Crippen LogP contribution in [0.4, 0.5) is 0 Å². The summed E-state index contributed by atoms with van der Waals surface area (Å²) >= 11 is 0. The number of aliphatic hydroxyl groups excluding tert-OH is 1. The lowest BCUT2D eigenvalue weighted by Gasteiger charge is -2.47. The lowest BCUT2D eigenvalue weighted by atomic mass is 9.79. The second-order valence-electron chi connectivity index (χ2n) is 10.3. The molecule has 0 radical (unpaired) electrons. The summed E-state index contributed by atoms with van der Waals surface area (Å²) in [7, 11) is 2.13. The molecule has 4 heteroatoms. The van der Waals surface area contributed by atoms with Gasteiger partial charge in [0.05, 0.1) is 6.10 Å². The van der Waals surface area contributed by atoms with Crippen LogP contribution >= 0.6 is 0 Å². The molecule has 0 amide bonds. The number of carbonyl (C=O) groups is 1. The molecule has 1 aliphatic rings. The van der Waals surface area contributed by atoms with Crippen molar-refractivity contribution in [3.63, 3.8) is 0 Å². The van der Waals surface area contributed by atoms with Crippen molar-refractivity contribution in [2.24, 2.45) is 5.92 Å². The zero-order chi connectivity index (χ0) is 23.5. The Morgan fingerprint density at radius 2 is 1.23 bits per heavy atom. The third kappa shape index (κ3) is 15.8. The van der Waals surface area contributed by atoms with E-state index in [-0.39, 0.29) is 11.6 Å². The highest BCUT2D eigenvalue weighted by Gasteiger charge is 2.38. The van der Waals surface area contributed by atoms with Gasteiger partial charge in [-0.15, -0.1) is 0 Å². The number of carboxylic acids is 1. The molecule has 2 N–H and O–H groups in total. The van der Waals surface area contributed by atoms with E-state index in [1.54, 1.807) is 0 Å². The van der Waals surface area contributed by atoms with Gasteiger partial charge in [0.25, 0.3) is 0 Å². The summed E-state index contributed by atoms with van der Waals surface area (Å²) in [6.07, 6.45) is 21.0. The Kier molecular flexibility index (Phi) is 18.5. The fourth-order valence-electron chi connectivity index (χ4n) is 4.33. The third-order valence-electron chi connectivity index (χ3n) is 7.43. The first-order valence-electron chi connectivity index (χ1n) is 13.3. The van der Waals surface area contributed by atoms with Crippen LogP contribution in [0.5, 0.6) is 0 Å². The molecule has 0 aromatic carbocycles. The zero-order valence-corrected chi connectivity index (χ0v) is 21.6. The second kappa shape index (κ2) is 18.9. The minimum atomic E-state index is -0.653. The van der Waals surface area contributed by atoms with Crippen LogP contribution in [0.2, 0.25) is 0 Å². The van der Waals surface area contributed by atoms with Crippen molar-refractivity contribution in [2.45, 2.75) is 148 Å². The molecule has 186 valence electrons. The van der Waals surface area contributed by atoms with Gasteiger partial charge >= 0.3 is 5.97 Å². The van der Waals surface area contributed by atoms with E-state index in [1.807, 2.05) is 0 Å². The van der Waals surface area contributed by atoms with E-state index in [4.69, 9.17) is 5.11 Å². The molecule has 31 heavy (non-hydrogen) atoms. The Morgan fingerprint density at radius 3 is 1.58 bits per heavy atom. The van der Waals surface area contributed by atoms with Crippen LogP contribution in [0.25, 0.3) is 0 Å². The highest BCUT2D eigenvalue weighted by atomic mass is 16.4. The molecule has 0 aromatic rings. The molecule has 1 heterocycles. The van der Waals surface area contributed by atoms with Gasteiger partial charge in [0.15, 0.2) is 0 Å². The molecule has 1 aliphatic heterocycles. The highest BCUT2D eigenvalue weighted by molar-refractivity contribution is 5.66. The molecular formula is C27H55NO3. The third-order valence-corrected chi connectivity index (χ3v) is 7.43. The Labute approximate surface area is 194 Å². The van der Waals surface area contributed by atoms with E-state index in [0.717, 1.165) is 25.8 Å². The van der Waals surface area contributed by atoms with Gasteiger partial charge in [-0.25, -0.2) is 0 Å². The predicted molar refractivity (Wildman–Crippen MR) is 134 cm³/mol. The molecule has 0 spiro atoms. The molecule has 1 saturated heterocycles. The molecule has 2 atom stereocenters. The predicted octanol–water partition coefficient (Wildman–Crippen LogP) is 7.43. The Balaban J connectivity index is 0.000000683. The van der Waals surface area contributed by atoms with Crippen molar-refractivity contribution >= 4 is 5.97 Å². The van der Waals surface area contributed by atoms with Crippen LogP contribution in [-0.2, 0) is 4.79 Å². The number of unbranched alkanes of at least 4 members (excludes halogenated alkanes) is 14. The zero-order valence-electron chi connectivity index (χ0n) is 21.6. The van der Waals surface area contributed by atoms with Crippen LogP contribution < -0.4 is 0 Å². The smallest absolute Gasteiger partial charge is 0.303 e. The normalized spacial score (nSPS) is 20.8. The monoisotopic (exact) mass is 441 g/mol. The van der Waals surface area contributed by atoms with E-state index in [2.05, 4.69) is 39.6 Å². The fourth-order valence-corrected chi connectivity index (χ4v) is 4.33. The lowest BCUT2D eigenvalue weighted by Crippen LogP contribution is -2.55. The standard InChI is InChI=1S/C18H36O2.C9H19NO/c1-2-3-4-5-6-7-8-9-10-11-12-13-14-15-16-17-18(19)20;1-7-8(11)5-6-10(4)9(7,2)3/h2-17H2,1H3,(H,19,20);7-8,11H,5-6H2,1-4H3. The lowest BCUT2D eigenvalue weighted by molar-refractivity contribution is -0.137. The van der Waals surface area contributed by atoms with Crippen molar-refractivity contribution in [2.75, 3.05) is 13.6 Å². The number of aliphatic hydroxyl groups is 1.